The molecule has 0 aliphatic carbocycles. The number of hydrogen-bond acceptors (Lipinski definition) is 8. The second kappa shape index (κ2) is 10.3. The van der Waals surface area contributed by atoms with Crippen LogP contribution in [-0.2, 0) is 13.0 Å². The van der Waals surface area contributed by atoms with E-state index in [0.29, 0.717) is 53.4 Å². The maximum atomic E-state index is 12.3. The van der Waals surface area contributed by atoms with Crippen molar-refractivity contribution in [3.05, 3.63) is 58.3 Å². The van der Waals surface area contributed by atoms with Gasteiger partial charge in [0.25, 0.3) is 5.91 Å². The fourth-order valence-corrected chi connectivity index (χ4v) is 4.27. The number of halogens is 1. The fraction of sp³-hybridized carbons (Fsp3) is 0.280. The summed E-state index contributed by atoms with van der Waals surface area (Å²) in [5, 5.41) is 5.37. The van der Waals surface area contributed by atoms with E-state index in [4.69, 9.17) is 22.1 Å². The highest BCUT2D eigenvalue weighted by atomic mass is 35.5. The number of rotatable bonds is 8. The van der Waals surface area contributed by atoms with Gasteiger partial charge in [0.2, 0.25) is 0 Å². The highest BCUT2D eigenvalue weighted by Crippen LogP contribution is 2.40. The first kappa shape index (κ1) is 25.1. The monoisotopic (exact) mass is 507 g/mol. The number of benzene rings is 1. The summed E-state index contributed by atoms with van der Waals surface area (Å²) in [7, 11) is 3.36. The van der Waals surface area contributed by atoms with Crippen molar-refractivity contribution >= 4 is 40.6 Å². The maximum absolute atomic E-state index is 12.3. The smallest absolute Gasteiger partial charge is 0.271 e. The Morgan fingerprint density at radius 1 is 1.25 bits per heavy atom. The van der Waals surface area contributed by atoms with Gasteiger partial charge in [-0.15, -0.1) is 0 Å². The van der Waals surface area contributed by atoms with E-state index in [-0.39, 0.29) is 17.4 Å². The van der Waals surface area contributed by atoms with Crippen LogP contribution >= 0.6 is 11.6 Å². The number of nitrogens with zero attached hydrogens (tertiary/aromatic N) is 6. The van der Waals surface area contributed by atoms with Crippen molar-refractivity contribution in [1.29, 1.82) is 0 Å². The minimum atomic E-state index is -0.180. The van der Waals surface area contributed by atoms with E-state index >= 15 is 0 Å². The zero-order chi connectivity index (χ0) is 26.0. The molecule has 0 aliphatic heterocycles. The number of carbonyl (C=O) groups is 2. The van der Waals surface area contributed by atoms with E-state index in [1.54, 1.807) is 31.0 Å². The van der Waals surface area contributed by atoms with Crippen LogP contribution in [0.4, 0.5) is 5.82 Å². The van der Waals surface area contributed by atoms with Crippen LogP contribution in [0, 0.1) is 6.92 Å². The quantitative estimate of drug-likeness (QED) is 0.358. The second-order valence-corrected chi connectivity index (χ2v) is 8.75. The highest BCUT2D eigenvalue weighted by Gasteiger charge is 2.20. The zero-order valence-electron chi connectivity index (χ0n) is 20.4. The van der Waals surface area contributed by atoms with E-state index in [1.807, 2.05) is 26.0 Å². The minimum absolute atomic E-state index is 0.180. The van der Waals surface area contributed by atoms with Gasteiger partial charge in [-0.1, -0.05) is 17.7 Å². The Bertz CT molecular complexity index is 1450. The molecule has 3 heterocycles. The van der Waals surface area contributed by atoms with Crippen LogP contribution < -0.4 is 10.5 Å². The van der Waals surface area contributed by atoms with E-state index in [9.17, 15) is 9.59 Å². The first-order chi connectivity index (χ1) is 17.3. The molecule has 0 atom stereocenters. The Kier molecular flexibility index (Phi) is 7.16. The van der Waals surface area contributed by atoms with E-state index < -0.39 is 0 Å². The molecular formula is C25H26ClN7O3. The van der Waals surface area contributed by atoms with Gasteiger partial charge in [0.05, 0.1) is 12.0 Å². The molecule has 0 unspecified atom stereocenters. The summed E-state index contributed by atoms with van der Waals surface area (Å²) in [6, 6.07) is 5.40. The molecule has 4 rings (SSSR count). The summed E-state index contributed by atoms with van der Waals surface area (Å²) < 4.78 is 7.73. The number of nitrogens with two attached hydrogens (primary N) is 1. The van der Waals surface area contributed by atoms with Gasteiger partial charge in [0.15, 0.2) is 11.9 Å². The number of aldehydes is 1. The summed E-state index contributed by atoms with van der Waals surface area (Å²) in [6.45, 7) is 4.66. The third kappa shape index (κ3) is 4.59. The van der Waals surface area contributed by atoms with Gasteiger partial charge in [-0.25, -0.2) is 14.6 Å². The lowest BCUT2D eigenvalue weighted by molar-refractivity contribution is 0.0822. The zero-order valence-corrected chi connectivity index (χ0v) is 21.2. The third-order valence-corrected chi connectivity index (χ3v) is 6.20. The lowest BCUT2D eigenvalue weighted by atomic mass is 9.95. The molecule has 2 N–H and O–H groups in total. The van der Waals surface area contributed by atoms with Gasteiger partial charge in [-0.2, -0.15) is 5.10 Å². The topological polar surface area (TPSA) is 129 Å². The number of nitrogen functional groups attached to an aromatic ring is 1. The molecule has 3 aromatic heterocycles. The molecule has 0 spiro atoms. The van der Waals surface area contributed by atoms with Crippen LogP contribution in [-0.4, -0.2) is 62.5 Å². The summed E-state index contributed by atoms with van der Waals surface area (Å²) in [6.07, 6.45) is 4.13. The summed E-state index contributed by atoms with van der Waals surface area (Å²) in [5.41, 5.74) is 10.2. The molecule has 36 heavy (non-hydrogen) atoms. The van der Waals surface area contributed by atoms with Crippen molar-refractivity contribution in [3.8, 4) is 16.9 Å². The summed E-state index contributed by atoms with van der Waals surface area (Å²) >= 11 is 6.65. The number of amides is 1. The van der Waals surface area contributed by atoms with E-state index in [0.717, 1.165) is 22.3 Å². The number of ether oxygens (including phenoxy) is 1. The van der Waals surface area contributed by atoms with Crippen molar-refractivity contribution in [3.63, 3.8) is 0 Å². The second-order valence-electron chi connectivity index (χ2n) is 8.35. The van der Waals surface area contributed by atoms with Crippen molar-refractivity contribution < 1.29 is 14.3 Å². The molecule has 4 aromatic rings. The van der Waals surface area contributed by atoms with Crippen LogP contribution in [0.5, 0.6) is 5.75 Å². The van der Waals surface area contributed by atoms with Gasteiger partial charge in [-0.3, -0.25) is 14.6 Å². The minimum Gasteiger partial charge on any atom is -0.493 e. The predicted octanol–water partition coefficient (Wildman–Crippen LogP) is 3.59. The largest absolute Gasteiger partial charge is 0.493 e. The Balaban J connectivity index is 1.75. The first-order valence-corrected chi connectivity index (χ1v) is 11.7. The number of aromatic nitrogens is 5. The van der Waals surface area contributed by atoms with Crippen molar-refractivity contribution in [2.45, 2.75) is 26.8 Å². The van der Waals surface area contributed by atoms with Crippen LogP contribution in [0.1, 0.15) is 39.0 Å². The normalized spacial score (nSPS) is 11.0. The number of pyridine rings is 1. The van der Waals surface area contributed by atoms with Crippen LogP contribution in [0.25, 0.3) is 22.2 Å². The molecule has 10 nitrogen and oxygen atoms in total. The van der Waals surface area contributed by atoms with Crippen molar-refractivity contribution in [2.24, 2.45) is 0 Å². The molecule has 0 bridgehead atoms. The molecular weight excluding hydrogens is 482 g/mol. The molecule has 0 fully saturated rings. The maximum Gasteiger partial charge on any atom is 0.271 e. The van der Waals surface area contributed by atoms with Gasteiger partial charge < -0.3 is 15.4 Å². The molecule has 11 heteroatoms. The van der Waals surface area contributed by atoms with Gasteiger partial charge in [0, 0.05) is 43.0 Å². The van der Waals surface area contributed by atoms with E-state index in [1.165, 1.54) is 11.2 Å². The Morgan fingerprint density at radius 2 is 2.03 bits per heavy atom. The average Bonchev–Trinajstić information content (AvgIpc) is 3.24. The van der Waals surface area contributed by atoms with Gasteiger partial charge >= 0.3 is 0 Å². The lowest BCUT2D eigenvalue weighted by Crippen LogP contribution is -2.22. The summed E-state index contributed by atoms with van der Waals surface area (Å²) in [5.74, 6) is 0.697. The molecule has 1 amide bonds. The highest BCUT2D eigenvalue weighted by molar-refractivity contribution is 6.32. The standard InChI is InChI=1S/C25H26ClN7O3/c1-5-36-22-15(8-9-33-24-21(19(12-34)31-33)23(27)29-13-30-24)10-17(26)14(2)20(22)16-6-7-18(28-11-16)25(35)32(3)4/h6-7,10-13H,5,8-9H2,1-4H3,(H2,27,29,30). The third-order valence-electron chi connectivity index (χ3n) is 5.81. The lowest BCUT2D eigenvalue weighted by Gasteiger charge is -2.19. The number of hydrogen-bond donors (Lipinski definition) is 1. The molecule has 1 aromatic carbocycles. The molecule has 0 saturated heterocycles. The molecule has 0 aliphatic rings. The molecule has 0 saturated carbocycles. The van der Waals surface area contributed by atoms with Crippen LogP contribution in [0.15, 0.2) is 30.7 Å². The van der Waals surface area contributed by atoms with Crippen LogP contribution in [0.3, 0.4) is 0 Å². The fourth-order valence-electron chi connectivity index (χ4n) is 4.04. The van der Waals surface area contributed by atoms with E-state index in [2.05, 4.69) is 20.1 Å². The number of aryl methyl sites for hydroxylation is 2. The molecule has 0 radical (unpaired) electrons. The number of fused-ring (bicyclic) bond motifs is 1. The van der Waals surface area contributed by atoms with Gasteiger partial charge in [-0.05, 0) is 43.5 Å². The molecule has 186 valence electrons. The summed E-state index contributed by atoms with van der Waals surface area (Å²) in [4.78, 5) is 37.9. The Hall–Kier alpha value is -4.05. The van der Waals surface area contributed by atoms with Crippen molar-refractivity contribution in [1.82, 2.24) is 29.6 Å². The first-order valence-electron chi connectivity index (χ1n) is 11.3. The van der Waals surface area contributed by atoms with Gasteiger partial charge in [0.1, 0.15) is 29.3 Å². The number of carbonyl (C=O) groups excluding carboxylic acids is 2. The average molecular weight is 508 g/mol. The van der Waals surface area contributed by atoms with Crippen molar-refractivity contribution in [2.75, 3.05) is 26.4 Å². The Labute approximate surface area is 213 Å². The predicted molar refractivity (Wildman–Crippen MR) is 137 cm³/mol. The van der Waals surface area contributed by atoms with Crippen LogP contribution in [0.2, 0.25) is 5.02 Å². The Morgan fingerprint density at radius 3 is 2.67 bits per heavy atom. The SMILES string of the molecule is CCOc1c(CCn2nc(C=O)c3c(N)ncnc32)cc(Cl)c(C)c1-c1ccc(C(=O)N(C)C)nc1. The number of anilines is 1.